The SMILES string of the molecule is C=CC[C@@H](NC(=O)c1cc(C(F)(F)F)cc(C(F)(F)F)c1)C(=O)OC. The summed E-state index contributed by atoms with van der Waals surface area (Å²) in [6.45, 7) is 3.33. The third-order valence-electron chi connectivity index (χ3n) is 3.04. The van der Waals surface area contributed by atoms with E-state index in [0.717, 1.165) is 7.11 Å². The van der Waals surface area contributed by atoms with Gasteiger partial charge in [0, 0.05) is 5.56 Å². The number of methoxy groups -OCH3 is 1. The average Bonchev–Trinajstić information content (AvgIpc) is 2.51. The number of esters is 1. The lowest BCUT2D eigenvalue weighted by Crippen LogP contribution is -2.41. The van der Waals surface area contributed by atoms with Crippen LogP contribution in [0.2, 0.25) is 0 Å². The molecule has 10 heteroatoms. The summed E-state index contributed by atoms with van der Waals surface area (Å²) in [5.41, 5.74) is -4.16. The molecule has 1 aromatic rings. The van der Waals surface area contributed by atoms with Crippen LogP contribution in [-0.4, -0.2) is 25.0 Å². The van der Waals surface area contributed by atoms with Gasteiger partial charge in [0.1, 0.15) is 6.04 Å². The minimum Gasteiger partial charge on any atom is -0.467 e. The molecule has 1 aromatic carbocycles. The lowest BCUT2D eigenvalue weighted by molar-refractivity contribution is -0.144. The van der Waals surface area contributed by atoms with Crippen LogP contribution in [0, 0.1) is 0 Å². The van der Waals surface area contributed by atoms with E-state index in [0.29, 0.717) is 0 Å². The number of benzene rings is 1. The van der Waals surface area contributed by atoms with Crippen LogP contribution in [-0.2, 0) is 21.9 Å². The van der Waals surface area contributed by atoms with Crippen molar-refractivity contribution in [3.05, 3.63) is 47.5 Å². The van der Waals surface area contributed by atoms with Gasteiger partial charge in [0.15, 0.2) is 0 Å². The molecule has 0 spiro atoms. The van der Waals surface area contributed by atoms with Crippen LogP contribution in [0.15, 0.2) is 30.9 Å². The predicted molar refractivity (Wildman–Crippen MR) is 74.5 cm³/mol. The topological polar surface area (TPSA) is 55.4 Å². The molecule has 1 N–H and O–H groups in total. The Bertz CT molecular complexity index is 634. The van der Waals surface area contributed by atoms with E-state index in [2.05, 4.69) is 11.3 Å². The monoisotopic (exact) mass is 369 g/mol. The highest BCUT2D eigenvalue weighted by Gasteiger charge is 2.37. The van der Waals surface area contributed by atoms with Crippen LogP contribution < -0.4 is 5.32 Å². The van der Waals surface area contributed by atoms with Gasteiger partial charge in [0.05, 0.1) is 18.2 Å². The number of hydrogen-bond acceptors (Lipinski definition) is 3. The number of rotatable bonds is 5. The Morgan fingerprint density at radius 1 is 1.12 bits per heavy atom. The normalized spacial score (nSPS) is 13.1. The van der Waals surface area contributed by atoms with Gasteiger partial charge in [0.25, 0.3) is 5.91 Å². The second kappa shape index (κ2) is 7.58. The molecule has 0 radical (unpaired) electrons. The second-order valence-electron chi connectivity index (χ2n) is 4.87. The molecule has 0 heterocycles. The molecule has 0 saturated heterocycles. The molecule has 0 aliphatic carbocycles. The summed E-state index contributed by atoms with van der Waals surface area (Å²) in [6.07, 6.45) is -9.06. The number of alkyl halides is 6. The molecule has 0 aliphatic heterocycles. The summed E-state index contributed by atoms with van der Waals surface area (Å²) in [6, 6.07) is -0.850. The first kappa shape index (κ1) is 20.5. The summed E-state index contributed by atoms with van der Waals surface area (Å²) in [5.74, 6) is -2.20. The second-order valence-corrected chi connectivity index (χ2v) is 4.87. The molecule has 1 amide bonds. The summed E-state index contributed by atoms with van der Waals surface area (Å²) in [5, 5.41) is 2.02. The molecule has 0 saturated carbocycles. The van der Waals surface area contributed by atoms with Crippen molar-refractivity contribution >= 4 is 11.9 Å². The van der Waals surface area contributed by atoms with Gasteiger partial charge in [0.2, 0.25) is 0 Å². The number of amides is 1. The molecule has 1 atom stereocenters. The fourth-order valence-electron chi connectivity index (χ4n) is 1.85. The van der Waals surface area contributed by atoms with Crippen molar-refractivity contribution in [2.75, 3.05) is 7.11 Å². The van der Waals surface area contributed by atoms with Gasteiger partial charge in [-0.25, -0.2) is 4.79 Å². The zero-order valence-corrected chi connectivity index (χ0v) is 12.8. The maximum Gasteiger partial charge on any atom is 0.416 e. The number of ether oxygens (including phenoxy) is 1. The molecular weight excluding hydrogens is 356 g/mol. The molecule has 1 rings (SSSR count). The molecule has 138 valence electrons. The van der Waals surface area contributed by atoms with Crippen LogP contribution in [0.1, 0.15) is 27.9 Å². The van der Waals surface area contributed by atoms with Crippen LogP contribution in [0.4, 0.5) is 26.3 Å². The molecule has 0 aromatic heterocycles. The Balaban J connectivity index is 3.28. The Labute approximate surface area is 138 Å². The third-order valence-corrected chi connectivity index (χ3v) is 3.04. The minimum atomic E-state index is -5.08. The van der Waals surface area contributed by atoms with E-state index in [9.17, 15) is 35.9 Å². The highest BCUT2D eigenvalue weighted by Crippen LogP contribution is 2.36. The van der Waals surface area contributed by atoms with E-state index >= 15 is 0 Å². The third kappa shape index (κ3) is 5.50. The van der Waals surface area contributed by atoms with Crippen molar-refractivity contribution < 1.29 is 40.7 Å². The quantitative estimate of drug-likeness (QED) is 0.491. The Kier molecular flexibility index (Phi) is 6.22. The molecule has 4 nitrogen and oxygen atoms in total. The average molecular weight is 369 g/mol. The van der Waals surface area contributed by atoms with Crippen molar-refractivity contribution in [3.63, 3.8) is 0 Å². The number of carbonyl (C=O) groups is 2. The van der Waals surface area contributed by atoms with E-state index in [-0.39, 0.29) is 24.6 Å². The van der Waals surface area contributed by atoms with Crippen molar-refractivity contribution in [1.29, 1.82) is 0 Å². The number of halogens is 6. The van der Waals surface area contributed by atoms with Crippen molar-refractivity contribution in [1.82, 2.24) is 5.32 Å². The standard InChI is InChI=1S/C15H13F6NO3/c1-3-4-11(13(24)25-2)22-12(23)8-5-9(14(16,17)18)7-10(6-8)15(19,20)21/h3,5-7,11H,1,4H2,2H3,(H,22,23)/t11-/m1/s1. The fourth-order valence-corrected chi connectivity index (χ4v) is 1.85. The lowest BCUT2D eigenvalue weighted by Gasteiger charge is -2.17. The first-order valence-corrected chi connectivity index (χ1v) is 6.69. The van der Waals surface area contributed by atoms with Crippen molar-refractivity contribution in [3.8, 4) is 0 Å². The highest BCUT2D eigenvalue weighted by molar-refractivity contribution is 5.97. The Morgan fingerprint density at radius 3 is 1.96 bits per heavy atom. The molecular formula is C15H13F6NO3. The van der Waals surface area contributed by atoms with Gasteiger partial charge >= 0.3 is 18.3 Å². The Hall–Kier alpha value is -2.52. The lowest BCUT2D eigenvalue weighted by atomic mass is 10.0. The van der Waals surface area contributed by atoms with Gasteiger partial charge in [-0.15, -0.1) is 6.58 Å². The van der Waals surface area contributed by atoms with Crippen LogP contribution in [0.5, 0.6) is 0 Å². The zero-order valence-electron chi connectivity index (χ0n) is 12.8. The van der Waals surface area contributed by atoms with E-state index in [4.69, 9.17) is 0 Å². The fraction of sp³-hybridized carbons (Fsp3) is 0.333. The zero-order chi connectivity index (χ0) is 19.4. The molecule has 0 bridgehead atoms. The summed E-state index contributed by atoms with van der Waals surface area (Å²) in [4.78, 5) is 23.5. The summed E-state index contributed by atoms with van der Waals surface area (Å²) >= 11 is 0. The van der Waals surface area contributed by atoms with Gasteiger partial charge < -0.3 is 10.1 Å². The maximum absolute atomic E-state index is 12.8. The smallest absolute Gasteiger partial charge is 0.416 e. The van der Waals surface area contributed by atoms with E-state index in [1.54, 1.807) is 0 Å². The van der Waals surface area contributed by atoms with Crippen LogP contribution in [0.3, 0.4) is 0 Å². The predicted octanol–water partition coefficient (Wildman–Crippen LogP) is 3.57. The van der Waals surface area contributed by atoms with Gasteiger partial charge in [-0.2, -0.15) is 26.3 Å². The highest BCUT2D eigenvalue weighted by atomic mass is 19.4. The Morgan fingerprint density at radius 2 is 1.60 bits per heavy atom. The van der Waals surface area contributed by atoms with E-state index < -0.39 is 47.0 Å². The first-order valence-electron chi connectivity index (χ1n) is 6.69. The van der Waals surface area contributed by atoms with Gasteiger partial charge in [-0.05, 0) is 24.6 Å². The summed E-state index contributed by atoms with van der Waals surface area (Å²) in [7, 11) is 1.01. The number of carbonyl (C=O) groups excluding carboxylic acids is 2. The minimum absolute atomic E-state index is 0.0989. The number of hydrogen-bond donors (Lipinski definition) is 1. The van der Waals surface area contributed by atoms with Crippen LogP contribution in [0.25, 0.3) is 0 Å². The molecule has 0 unspecified atom stereocenters. The summed E-state index contributed by atoms with van der Waals surface area (Å²) < 4.78 is 81.1. The maximum atomic E-state index is 12.8. The van der Waals surface area contributed by atoms with Crippen molar-refractivity contribution in [2.24, 2.45) is 0 Å². The molecule has 0 fully saturated rings. The molecule has 25 heavy (non-hydrogen) atoms. The van der Waals surface area contributed by atoms with Crippen molar-refractivity contribution in [2.45, 2.75) is 24.8 Å². The molecule has 0 aliphatic rings. The van der Waals surface area contributed by atoms with E-state index in [1.165, 1.54) is 6.08 Å². The number of nitrogens with one attached hydrogen (secondary N) is 1. The van der Waals surface area contributed by atoms with Gasteiger partial charge in [-0.1, -0.05) is 6.08 Å². The van der Waals surface area contributed by atoms with Gasteiger partial charge in [-0.3, -0.25) is 4.79 Å². The van der Waals surface area contributed by atoms with E-state index in [1.807, 2.05) is 5.32 Å². The first-order chi connectivity index (χ1) is 11.4. The largest absolute Gasteiger partial charge is 0.467 e. The van der Waals surface area contributed by atoms with Crippen LogP contribution >= 0.6 is 0 Å².